The number of para-hydroxylation sites is 1. The van der Waals surface area contributed by atoms with Crippen LogP contribution in [0.15, 0.2) is 47.8 Å². The smallest absolute Gasteiger partial charge is 0.234 e. The van der Waals surface area contributed by atoms with E-state index in [2.05, 4.69) is 39.4 Å². The summed E-state index contributed by atoms with van der Waals surface area (Å²) in [7, 11) is 0. The van der Waals surface area contributed by atoms with Crippen LogP contribution in [0.25, 0.3) is 0 Å². The molecule has 1 amide bonds. The summed E-state index contributed by atoms with van der Waals surface area (Å²) in [6.45, 7) is 4.95. The Hall–Kier alpha value is -1.85. The molecule has 3 rings (SSSR count). The Balaban J connectivity index is 1.41. The highest BCUT2D eigenvalue weighted by Gasteiger charge is 2.18. The van der Waals surface area contributed by atoms with Gasteiger partial charge in [-0.15, -0.1) is 11.3 Å². The largest absolute Gasteiger partial charge is 0.369 e. The van der Waals surface area contributed by atoms with E-state index >= 15 is 0 Å². The minimum Gasteiger partial charge on any atom is -0.369 e. The molecule has 1 aliphatic rings. The minimum absolute atomic E-state index is 0.113. The van der Waals surface area contributed by atoms with Crippen LogP contribution in [0, 0.1) is 0 Å². The van der Waals surface area contributed by atoms with Crippen molar-refractivity contribution in [3.63, 3.8) is 0 Å². The highest BCUT2D eigenvalue weighted by atomic mass is 32.1. The molecule has 1 aromatic heterocycles. The van der Waals surface area contributed by atoms with Gasteiger partial charge < -0.3 is 10.2 Å². The average Bonchev–Trinajstić information content (AvgIpc) is 3.08. The second-order valence-electron chi connectivity index (χ2n) is 5.45. The first-order valence-corrected chi connectivity index (χ1v) is 8.51. The predicted molar refractivity (Wildman–Crippen MR) is 91.3 cm³/mol. The fraction of sp³-hybridized carbons (Fsp3) is 0.353. The lowest BCUT2D eigenvalue weighted by Gasteiger charge is -2.35. The molecule has 1 aromatic carbocycles. The number of rotatable bonds is 5. The number of thiophene rings is 1. The number of carbonyl (C=O) groups is 1. The molecule has 22 heavy (non-hydrogen) atoms. The molecule has 5 heteroatoms. The number of carbonyl (C=O) groups excluding carboxylic acids is 1. The van der Waals surface area contributed by atoms with Gasteiger partial charge in [-0.05, 0) is 23.6 Å². The molecule has 0 aliphatic carbocycles. The summed E-state index contributed by atoms with van der Waals surface area (Å²) in [4.78, 5) is 17.8. The highest BCUT2D eigenvalue weighted by molar-refractivity contribution is 7.09. The van der Waals surface area contributed by atoms with Crippen molar-refractivity contribution in [1.29, 1.82) is 0 Å². The average molecular weight is 315 g/mol. The zero-order valence-corrected chi connectivity index (χ0v) is 13.4. The van der Waals surface area contributed by atoms with Crippen LogP contribution in [0.1, 0.15) is 4.88 Å². The van der Waals surface area contributed by atoms with E-state index in [1.165, 1.54) is 10.6 Å². The summed E-state index contributed by atoms with van der Waals surface area (Å²) in [5.74, 6) is 0.113. The first-order chi connectivity index (χ1) is 10.8. The van der Waals surface area contributed by atoms with Gasteiger partial charge in [0.2, 0.25) is 5.91 Å². The molecule has 116 valence electrons. The molecule has 0 unspecified atom stereocenters. The Labute approximate surface area is 135 Å². The third-order valence-corrected chi connectivity index (χ3v) is 4.78. The van der Waals surface area contributed by atoms with Gasteiger partial charge in [0.05, 0.1) is 13.1 Å². The van der Waals surface area contributed by atoms with Crippen molar-refractivity contribution in [3.05, 3.63) is 52.7 Å². The second-order valence-corrected chi connectivity index (χ2v) is 6.49. The number of hydrogen-bond acceptors (Lipinski definition) is 4. The zero-order chi connectivity index (χ0) is 15.2. The number of benzene rings is 1. The van der Waals surface area contributed by atoms with Crippen LogP contribution in [-0.2, 0) is 11.3 Å². The number of anilines is 1. The van der Waals surface area contributed by atoms with Crippen molar-refractivity contribution >= 4 is 22.9 Å². The summed E-state index contributed by atoms with van der Waals surface area (Å²) >= 11 is 1.67. The molecule has 0 atom stereocenters. The standard InChI is InChI=1S/C17H21N3OS/c21-17(18-13-16-7-4-12-22-16)14-19-8-10-20(11-9-19)15-5-2-1-3-6-15/h1-7,12H,8-11,13-14H2,(H,18,21). The van der Waals surface area contributed by atoms with E-state index in [1.54, 1.807) is 11.3 Å². The maximum absolute atomic E-state index is 12.0. The molecule has 0 bridgehead atoms. The molecule has 1 aliphatic heterocycles. The molecule has 1 N–H and O–H groups in total. The van der Waals surface area contributed by atoms with Crippen LogP contribution in [0.2, 0.25) is 0 Å². The molecular weight excluding hydrogens is 294 g/mol. The molecule has 0 radical (unpaired) electrons. The van der Waals surface area contributed by atoms with E-state index in [4.69, 9.17) is 0 Å². The van der Waals surface area contributed by atoms with Gasteiger partial charge >= 0.3 is 0 Å². The summed E-state index contributed by atoms with van der Waals surface area (Å²) in [6.07, 6.45) is 0. The Morgan fingerprint density at radius 1 is 1.05 bits per heavy atom. The first kappa shape index (κ1) is 15.1. The topological polar surface area (TPSA) is 35.6 Å². The quantitative estimate of drug-likeness (QED) is 0.919. The Bertz CT molecular complexity index is 577. The van der Waals surface area contributed by atoms with Gasteiger partial charge in [-0.2, -0.15) is 0 Å². The fourth-order valence-electron chi connectivity index (χ4n) is 2.66. The van der Waals surface area contributed by atoms with E-state index in [0.29, 0.717) is 13.1 Å². The van der Waals surface area contributed by atoms with E-state index in [0.717, 1.165) is 26.2 Å². The van der Waals surface area contributed by atoms with Crippen LogP contribution in [-0.4, -0.2) is 43.5 Å². The number of nitrogens with one attached hydrogen (secondary N) is 1. The Morgan fingerprint density at radius 2 is 1.82 bits per heavy atom. The summed E-state index contributed by atoms with van der Waals surface area (Å²) < 4.78 is 0. The summed E-state index contributed by atoms with van der Waals surface area (Å²) in [5.41, 5.74) is 1.27. The SMILES string of the molecule is O=C(CN1CCN(c2ccccc2)CC1)NCc1cccs1. The Morgan fingerprint density at radius 3 is 2.50 bits per heavy atom. The van der Waals surface area contributed by atoms with Gasteiger partial charge in [0.25, 0.3) is 0 Å². The third kappa shape index (κ3) is 4.08. The number of hydrogen-bond donors (Lipinski definition) is 1. The van der Waals surface area contributed by atoms with E-state index in [9.17, 15) is 4.79 Å². The van der Waals surface area contributed by atoms with E-state index in [-0.39, 0.29) is 5.91 Å². The highest BCUT2D eigenvalue weighted by Crippen LogP contribution is 2.15. The predicted octanol–water partition coefficient (Wildman–Crippen LogP) is 2.19. The minimum atomic E-state index is 0.113. The molecular formula is C17H21N3OS. The monoisotopic (exact) mass is 315 g/mol. The maximum atomic E-state index is 12.0. The number of piperazine rings is 1. The van der Waals surface area contributed by atoms with E-state index < -0.39 is 0 Å². The van der Waals surface area contributed by atoms with Crippen molar-refractivity contribution in [2.75, 3.05) is 37.6 Å². The number of amides is 1. The normalized spacial score (nSPS) is 15.7. The van der Waals surface area contributed by atoms with Gasteiger partial charge in [-0.3, -0.25) is 9.69 Å². The van der Waals surface area contributed by atoms with Gasteiger partial charge in [0.1, 0.15) is 0 Å². The molecule has 2 aromatic rings. The molecule has 4 nitrogen and oxygen atoms in total. The first-order valence-electron chi connectivity index (χ1n) is 7.63. The number of nitrogens with zero attached hydrogens (tertiary/aromatic N) is 2. The molecule has 0 spiro atoms. The fourth-order valence-corrected chi connectivity index (χ4v) is 3.31. The summed E-state index contributed by atoms with van der Waals surface area (Å²) in [5, 5.41) is 5.02. The zero-order valence-electron chi connectivity index (χ0n) is 12.6. The second kappa shape index (κ2) is 7.42. The van der Waals surface area contributed by atoms with Crippen molar-refractivity contribution in [2.24, 2.45) is 0 Å². The molecule has 2 heterocycles. The van der Waals surface area contributed by atoms with Gasteiger partial charge in [-0.25, -0.2) is 0 Å². The van der Waals surface area contributed by atoms with Crippen molar-refractivity contribution in [1.82, 2.24) is 10.2 Å². The van der Waals surface area contributed by atoms with Gasteiger partial charge in [0.15, 0.2) is 0 Å². The summed E-state index contributed by atoms with van der Waals surface area (Å²) in [6, 6.07) is 14.5. The molecule has 1 saturated heterocycles. The molecule has 1 fully saturated rings. The molecule has 0 saturated carbocycles. The van der Waals surface area contributed by atoms with Crippen LogP contribution < -0.4 is 10.2 Å². The van der Waals surface area contributed by atoms with Gasteiger partial charge in [0, 0.05) is 36.7 Å². The Kier molecular flexibility index (Phi) is 5.08. The third-order valence-electron chi connectivity index (χ3n) is 3.90. The lowest BCUT2D eigenvalue weighted by molar-refractivity contribution is -0.122. The van der Waals surface area contributed by atoms with Crippen LogP contribution >= 0.6 is 11.3 Å². The van der Waals surface area contributed by atoms with Crippen LogP contribution in [0.3, 0.4) is 0 Å². The van der Waals surface area contributed by atoms with E-state index in [1.807, 2.05) is 23.6 Å². The lowest BCUT2D eigenvalue weighted by Crippen LogP contribution is -2.49. The lowest BCUT2D eigenvalue weighted by atomic mass is 10.2. The van der Waals surface area contributed by atoms with Crippen LogP contribution in [0.5, 0.6) is 0 Å². The van der Waals surface area contributed by atoms with Crippen molar-refractivity contribution in [3.8, 4) is 0 Å². The van der Waals surface area contributed by atoms with Crippen LogP contribution in [0.4, 0.5) is 5.69 Å². The van der Waals surface area contributed by atoms with Gasteiger partial charge in [-0.1, -0.05) is 24.3 Å². The van der Waals surface area contributed by atoms with Crippen molar-refractivity contribution in [2.45, 2.75) is 6.54 Å². The van der Waals surface area contributed by atoms with Crippen molar-refractivity contribution < 1.29 is 4.79 Å². The maximum Gasteiger partial charge on any atom is 0.234 e.